The molecule has 0 amide bonds. The van der Waals surface area contributed by atoms with Gasteiger partial charge in [0.05, 0.1) is 5.75 Å². The van der Waals surface area contributed by atoms with Crippen LogP contribution in [-0.2, 0) is 20.4 Å². The molecule has 0 saturated carbocycles. The predicted molar refractivity (Wildman–Crippen MR) is 86.0 cm³/mol. The van der Waals surface area contributed by atoms with Gasteiger partial charge in [0.1, 0.15) is 0 Å². The van der Waals surface area contributed by atoms with Crippen LogP contribution in [0.2, 0.25) is 0 Å². The Labute approximate surface area is 129 Å². The second kappa shape index (κ2) is 7.04. The minimum atomic E-state index is -3.83. The lowest BCUT2D eigenvalue weighted by Gasteiger charge is -2.10. The first-order chi connectivity index (χ1) is 10.5. The molecule has 0 heterocycles. The van der Waals surface area contributed by atoms with Crippen LogP contribution in [0.4, 0.5) is 0 Å². The highest BCUT2D eigenvalue weighted by atomic mass is 32.2. The van der Waals surface area contributed by atoms with Gasteiger partial charge in [-0.15, -0.1) is 0 Å². The Bertz CT molecular complexity index is 750. The SMILES string of the molecule is O=C(O)C(/C=C/c1ccccc1)S(=O)(=O)Cc1ccccc1. The van der Waals surface area contributed by atoms with E-state index < -0.39 is 21.1 Å². The van der Waals surface area contributed by atoms with E-state index in [1.165, 1.54) is 12.2 Å². The first kappa shape index (κ1) is 16.0. The second-order valence-corrected chi connectivity index (χ2v) is 6.94. The van der Waals surface area contributed by atoms with Crippen molar-refractivity contribution in [2.24, 2.45) is 0 Å². The molecule has 0 aliphatic heterocycles. The second-order valence-electron chi connectivity index (χ2n) is 4.82. The zero-order valence-corrected chi connectivity index (χ0v) is 12.6. The molecule has 2 rings (SSSR count). The third-order valence-corrected chi connectivity index (χ3v) is 4.97. The molecule has 2 aromatic rings. The van der Waals surface area contributed by atoms with Gasteiger partial charge < -0.3 is 5.11 Å². The third-order valence-electron chi connectivity index (χ3n) is 3.10. The molecule has 2 aromatic carbocycles. The van der Waals surface area contributed by atoms with E-state index in [2.05, 4.69) is 0 Å². The molecule has 0 radical (unpaired) electrons. The van der Waals surface area contributed by atoms with Crippen LogP contribution < -0.4 is 0 Å². The Morgan fingerprint density at radius 2 is 1.55 bits per heavy atom. The summed E-state index contributed by atoms with van der Waals surface area (Å²) in [5, 5.41) is 7.67. The molecule has 1 N–H and O–H groups in total. The zero-order valence-electron chi connectivity index (χ0n) is 11.8. The average Bonchev–Trinajstić information content (AvgIpc) is 2.48. The van der Waals surface area contributed by atoms with Gasteiger partial charge in [-0.2, -0.15) is 0 Å². The summed E-state index contributed by atoms with van der Waals surface area (Å²) in [5.41, 5.74) is 1.32. The summed E-state index contributed by atoms with van der Waals surface area (Å²) >= 11 is 0. The molecule has 1 atom stereocenters. The van der Waals surface area contributed by atoms with Crippen LogP contribution in [0, 0.1) is 0 Å². The molecular formula is C17H16O4S. The van der Waals surface area contributed by atoms with Crippen molar-refractivity contribution in [1.29, 1.82) is 0 Å². The predicted octanol–water partition coefficient (Wildman–Crippen LogP) is 2.77. The number of rotatable bonds is 6. The lowest BCUT2D eigenvalue weighted by atomic mass is 10.2. The van der Waals surface area contributed by atoms with Crippen molar-refractivity contribution in [3.05, 3.63) is 77.9 Å². The summed E-state index contributed by atoms with van der Waals surface area (Å²) in [4.78, 5) is 11.3. The van der Waals surface area contributed by atoms with Gasteiger partial charge in [0.15, 0.2) is 15.1 Å². The highest BCUT2D eigenvalue weighted by molar-refractivity contribution is 7.92. The average molecular weight is 316 g/mol. The monoisotopic (exact) mass is 316 g/mol. The van der Waals surface area contributed by atoms with Crippen molar-refractivity contribution >= 4 is 21.9 Å². The molecule has 0 aliphatic carbocycles. The number of carboxylic acids is 1. The Kier molecular flexibility index (Phi) is 5.12. The summed E-state index contributed by atoms with van der Waals surface area (Å²) in [6.45, 7) is 0. The quantitative estimate of drug-likeness (QED) is 0.889. The fourth-order valence-electron chi connectivity index (χ4n) is 2.01. The molecule has 114 valence electrons. The van der Waals surface area contributed by atoms with Gasteiger partial charge in [-0.3, -0.25) is 4.79 Å². The van der Waals surface area contributed by atoms with Crippen molar-refractivity contribution in [1.82, 2.24) is 0 Å². The molecule has 5 heteroatoms. The number of carboxylic acid groups (broad SMARTS) is 1. The highest BCUT2D eigenvalue weighted by Crippen LogP contribution is 2.14. The van der Waals surface area contributed by atoms with Crippen LogP contribution in [0.5, 0.6) is 0 Å². The summed E-state index contributed by atoms with van der Waals surface area (Å²) in [6.07, 6.45) is 2.73. The maximum Gasteiger partial charge on any atom is 0.325 e. The van der Waals surface area contributed by atoms with Gasteiger partial charge in [-0.05, 0) is 11.1 Å². The van der Waals surface area contributed by atoms with Crippen LogP contribution in [0.15, 0.2) is 66.7 Å². The van der Waals surface area contributed by atoms with Crippen molar-refractivity contribution in [2.45, 2.75) is 11.0 Å². The summed E-state index contributed by atoms with van der Waals surface area (Å²) in [5.74, 6) is -1.67. The summed E-state index contributed by atoms with van der Waals surface area (Å²) < 4.78 is 24.7. The third kappa shape index (κ3) is 4.30. The largest absolute Gasteiger partial charge is 0.480 e. The van der Waals surface area contributed by atoms with Crippen LogP contribution in [-0.4, -0.2) is 24.7 Å². The first-order valence-corrected chi connectivity index (χ1v) is 8.42. The van der Waals surface area contributed by atoms with Crippen LogP contribution >= 0.6 is 0 Å². The number of hydrogen-bond donors (Lipinski definition) is 1. The maximum atomic E-state index is 12.3. The van der Waals surface area contributed by atoms with Gasteiger partial charge in [0.25, 0.3) is 0 Å². The normalized spacial score (nSPS) is 13.1. The Morgan fingerprint density at radius 1 is 1.00 bits per heavy atom. The van der Waals surface area contributed by atoms with E-state index in [-0.39, 0.29) is 5.75 Å². The summed E-state index contributed by atoms with van der Waals surface area (Å²) in [7, 11) is -3.83. The molecule has 0 spiro atoms. The maximum absolute atomic E-state index is 12.3. The standard InChI is InChI=1S/C17H16O4S/c18-17(19)16(12-11-14-7-3-1-4-8-14)22(20,21)13-15-9-5-2-6-10-15/h1-12,16H,13H2,(H,18,19)/b12-11+. The molecule has 0 fully saturated rings. The number of carbonyl (C=O) groups is 1. The van der Waals surface area contributed by atoms with Gasteiger partial charge >= 0.3 is 5.97 Å². The molecule has 0 aliphatic rings. The topological polar surface area (TPSA) is 71.4 Å². The van der Waals surface area contributed by atoms with E-state index in [9.17, 15) is 18.3 Å². The first-order valence-electron chi connectivity index (χ1n) is 6.70. The molecule has 4 nitrogen and oxygen atoms in total. The van der Waals surface area contributed by atoms with E-state index in [1.807, 2.05) is 6.07 Å². The minimum Gasteiger partial charge on any atom is -0.480 e. The van der Waals surface area contributed by atoms with Gasteiger partial charge in [0, 0.05) is 0 Å². The van der Waals surface area contributed by atoms with Crippen molar-refractivity contribution < 1.29 is 18.3 Å². The Morgan fingerprint density at radius 3 is 2.09 bits per heavy atom. The lowest BCUT2D eigenvalue weighted by molar-refractivity contribution is -0.135. The fourth-order valence-corrected chi connectivity index (χ4v) is 3.48. The van der Waals surface area contributed by atoms with Gasteiger partial charge in [0.2, 0.25) is 0 Å². The zero-order chi connectivity index (χ0) is 16.0. The molecular weight excluding hydrogens is 300 g/mol. The van der Waals surface area contributed by atoms with E-state index in [0.717, 1.165) is 5.56 Å². The fraction of sp³-hybridized carbons (Fsp3) is 0.118. The van der Waals surface area contributed by atoms with E-state index in [0.29, 0.717) is 5.56 Å². The van der Waals surface area contributed by atoms with Crippen molar-refractivity contribution in [3.63, 3.8) is 0 Å². The molecule has 1 unspecified atom stereocenters. The van der Waals surface area contributed by atoms with Gasteiger partial charge in [-0.25, -0.2) is 8.42 Å². The van der Waals surface area contributed by atoms with Crippen LogP contribution in [0.1, 0.15) is 11.1 Å². The summed E-state index contributed by atoms with van der Waals surface area (Å²) in [6, 6.07) is 17.5. The van der Waals surface area contributed by atoms with E-state index >= 15 is 0 Å². The lowest BCUT2D eigenvalue weighted by Crippen LogP contribution is -2.29. The molecule has 0 saturated heterocycles. The van der Waals surface area contributed by atoms with Crippen LogP contribution in [0.3, 0.4) is 0 Å². The highest BCUT2D eigenvalue weighted by Gasteiger charge is 2.30. The molecule has 0 bridgehead atoms. The van der Waals surface area contributed by atoms with Crippen molar-refractivity contribution in [2.75, 3.05) is 0 Å². The van der Waals surface area contributed by atoms with E-state index in [1.54, 1.807) is 54.6 Å². The van der Waals surface area contributed by atoms with E-state index in [4.69, 9.17) is 0 Å². The molecule has 22 heavy (non-hydrogen) atoms. The molecule has 0 aromatic heterocycles. The minimum absolute atomic E-state index is 0.302. The van der Waals surface area contributed by atoms with Crippen LogP contribution in [0.25, 0.3) is 6.08 Å². The number of benzene rings is 2. The Balaban J connectivity index is 2.23. The number of sulfone groups is 1. The number of aliphatic carboxylic acids is 1. The Hall–Kier alpha value is -2.40. The van der Waals surface area contributed by atoms with Crippen molar-refractivity contribution in [3.8, 4) is 0 Å². The number of hydrogen-bond acceptors (Lipinski definition) is 3. The van der Waals surface area contributed by atoms with Gasteiger partial charge in [-0.1, -0.05) is 72.8 Å². The smallest absolute Gasteiger partial charge is 0.325 e.